The number of benzene rings is 1. The van der Waals surface area contributed by atoms with Crippen molar-refractivity contribution in [3.8, 4) is 0 Å². The Morgan fingerprint density at radius 1 is 1.10 bits per heavy atom. The van der Waals surface area contributed by atoms with E-state index in [4.69, 9.17) is 0 Å². The first-order valence-corrected chi connectivity index (χ1v) is 10.2. The molecule has 11 heteroatoms. The van der Waals surface area contributed by atoms with Crippen molar-refractivity contribution < 1.29 is 27.7 Å². The molecule has 3 N–H and O–H groups in total. The van der Waals surface area contributed by atoms with E-state index in [1.54, 1.807) is 0 Å². The van der Waals surface area contributed by atoms with Gasteiger partial charge < -0.3 is 5.32 Å². The van der Waals surface area contributed by atoms with Gasteiger partial charge in [-0.2, -0.15) is 13.2 Å². The minimum Gasteiger partial charge on any atom is -0.346 e. The molecule has 1 aromatic rings. The van der Waals surface area contributed by atoms with Crippen LogP contribution in [0.4, 0.5) is 24.5 Å². The molecule has 0 unspecified atom stereocenters. The van der Waals surface area contributed by atoms with Crippen LogP contribution >= 0.6 is 0 Å². The van der Waals surface area contributed by atoms with E-state index in [2.05, 4.69) is 16.2 Å². The second-order valence-electron chi connectivity index (χ2n) is 9.04. The number of carbonyl (C=O) groups excluding carboxylic acids is 2. The summed E-state index contributed by atoms with van der Waals surface area (Å²) in [7, 11) is 0. The van der Waals surface area contributed by atoms with Crippen molar-refractivity contribution in [2.24, 2.45) is 23.2 Å². The lowest BCUT2D eigenvalue weighted by atomic mass is 9.49. The molecule has 0 radical (unpaired) electrons. The van der Waals surface area contributed by atoms with Crippen LogP contribution in [0.2, 0.25) is 0 Å². The Balaban J connectivity index is 1.33. The third-order valence-electron chi connectivity index (χ3n) is 6.79. The molecule has 0 atom stereocenters. The molecule has 0 spiro atoms. The molecular weight excluding hydrogens is 417 g/mol. The number of hydrogen-bond donors (Lipinski definition) is 3. The van der Waals surface area contributed by atoms with Crippen molar-refractivity contribution in [3.05, 3.63) is 33.9 Å². The van der Waals surface area contributed by atoms with E-state index >= 15 is 0 Å². The third-order valence-corrected chi connectivity index (χ3v) is 6.79. The molecule has 31 heavy (non-hydrogen) atoms. The first kappa shape index (κ1) is 21.4. The lowest BCUT2D eigenvalue weighted by Crippen LogP contribution is -2.54. The molecule has 0 aromatic heterocycles. The zero-order chi connectivity index (χ0) is 22.4. The number of rotatable bonds is 6. The van der Waals surface area contributed by atoms with Gasteiger partial charge in [0.1, 0.15) is 5.69 Å². The lowest BCUT2D eigenvalue weighted by Gasteiger charge is -2.55. The fraction of sp³-hybridized carbons (Fsp3) is 0.600. The molecule has 0 heterocycles. The number of hydrazine groups is 1. The maximum absolute atomic E-state index is 12.8. The summed E-state index contributed by atoms with van der Waals surface area (Å²) in [4.78, 5) is 35.1. The number of hydrogen-bond acceptors (Lipinski definition) is 5. The molecule has 4 fully saturated rings. The highest BCUT2D eigenvalue weighted by Crippen LogP contribution is 2.60. The Morgan fingerprint density at radius 2 is 1.68 bits per heavy atom. The number of anilines is 1. The van der Waals surface area contributed by atoms with Crippen LogP contribution in [-0.2, 0) is 15.8 Å². The normalized spacial score (nSPS) is 28.8. The topological polar surface area (TPSA) is 113 Å². The number of amides is 2. The maximum atomic E-state index is 12.8. The molecular formula is C20H23F3N4O4. The molecule has 168 valence electrons. The highest BCUT2D eigenvalue weighted by atomic mass is 19.4. The first-order valence-electron chi connectivity index (χ1n) is 10.2. The zero-order valence-corrected chi connectivity index (χ0v) is 16.6. The third kappa shape index (κ3) is 4.31. The molecule has 1 aromatic carbocycles. The second kappa shape index (κ2) is 7.69. The largest absolute Gasteiger partial charge is 0.416 e. The fourth-order valence-corrected chi connectivity index (χ4v) is 5.88. The van der Waals surface area contributed by atoms with Gasteiger partial charge in [0.25, 0.3) is 11.6 Å². The van der Waals surface area contributed by atoms with Gasteiger partial charge in [-0.25, -0.2) is 0 Å². The van der Waals surface area contributed by atoms with Crippen LogP contribution in [0.25, 0.3) is 0 Å². The van der Waals surface area contributed by atoms with Gasteiger partial charge in [0.15, 0.2) is 0 Å². The van der Waals surface area contributed by atoms with E-state index in [0.717, 1.165) is 25.3 Å². The van der Waals surface area contributed by atoms with Gasteiger partial charge >= 0.3 is 6.18 Å². The van der Waals surface area contributed by atoms with E-state index in [-0.39, 0.29) is 18.1 Å². The van der Waals surface area contributed by atoms with Gasteiger partial charge in [-0.15, -0.1) is 0 Å². The van der Waals surface area contributed by atoms with Gasteiger partial charge in [-0.1, -0.05) is 0 Å². The maximum Gasteiger partial charge on any atom is 0.416 e. The molecule has 4 aliphatic rings. The number of nitro benzene ring substituents is 1. The molecule has 0 aliphatic heterocycles. The number of halogens is 3. The summed E-state index contributed by atoms with van der Waals surface area (Å²) in [6, 6.07) is 1.94. The summed E-state index contributed by atoms with van der Waals surface area (Å²) >= 11 is 0. The Labute approximate surface area is 176 Å². The minimum absolute atomic E-state index is 0.137. The molecule has 4 bridgehead atoms. The van der Waals surface area contributed by atoms with Crippen molar-refractivity contribution >= 4 is 23.2 Å². The van der Waals surface area contributed by atoms with Gasteiger partial charge in [0, 0.05) is 11.5 Å². The first-order chi connectivity index (χ1) is 14.6. The van der Waals surface area contributed by atoms with E-state index < -0.39 is 33.7 Å². The predicted octanol–water partition coefficient (Wildman–Crippen LogP) is 3.39. The van der Waals surface area contributed by atoms with E-state index in [9.17, 15) is 32.9 Å². The predicted molar refractivity (Wildman–Crippen MR) is 103 cm³/mol. The minimum atomic E-state index is -4.73. The molecule has 2 amide bonds. The highest BCUT2D eigenvalue weighted by molar-refractivity contribution is 5.88. The average molecular weight is 440 g/mol. The van der Waals surface area contributed by atoms with Crippen molar-refractivity contribution in [2.45, 2.75) is 44.7 Å². The number of nitrogens with zero attached hydrogens (tertiary/aromatic N) is 1. The van der Waals surface area contributed by atoms with Crippen LogP contribution in [0.15, 0.2) is 18.2 Å². The quantitative estimate of drug-likeness (QED) is 0.464. The molecule has 4 saturated carbocycles. The van der Waals surface area contributed by atoms with E-state index in [1.807, 2.05) is 0 Å². The number of nitro groups is 1. The monoisotopic (exact) mass is 440 g/mol. The number of alkyl halides is 3. The highest BCUT2D eigenvalue weighted by Gasteiger charge is 2.54. The SMILES string of the molecule is O=C(CNC(=O)C12CC3CC(CC(C3)C1)C2)NNc1ccc(C(F)(F)F)cc1[N+](=O)[O-]. The average Bonchev–Trinajstić information content (AvgIpc) is 2.68. The Kier molecular flexibility index (Phi) is 5.30. The van der Waals surface area contributed by atoms with Crippen molar-refractivity contribution in [1.29, 1.82) is 0 Å². The van der Waals surface area contributed by atoms with Gasteiger partial charge in [0.2, 0.25) is 5.91 Å². The summed E-state index contributed by atoms with van der Waals surface area (Å²) in [5, 5.41) is 13.8. The fourth-order valence-electron chi connectivity index (χ4n) is 5.88. The standard InChI is InChI=1S/C20H23F3N4O4/c21-20(22,23)14-1-2-15(16(6-14)27(30)31)25-26-17(28)10-24-18(29)19-7-11-3-12(8-19)5-13(4-11)9-19/h1-2,6,11-13,25H,3-5,7-10H2,(H,24,29)(H,26,28). The van der Waals surface area contributed by atoms with E-state index in [1.165, 1.54) is 19.3 Å². The van der Waals surface area contributed by atoms with Gasteiger partial charge in [-0.3, -0.25) is 30.6 Å². The Bertz CT molecular complexity index is 883. The number of nitrogens with one attached hydrogen (secondary N) is 3. The van der Waals surface area contributed by atoms with Crippen LogP contribution in [0, 0.1) is 33.3 Å². The Hall–Kier alpha value is -2.85. The lowest BCUT2D eigenvalue weighted by molar-refractivity contribution is -0.384. The van der Waals surface area contributed by atoms with Crippen molar-refractivity contribution in [3.63, 3.8) is 0 Å². The molecule has 8 nitrogen and oxygen atoms in total. The molecule has 0 saturated heterocycles. The summed E-state index contributed by atoms with van der Waals surface area (Å²) < 4.78 is 38.3. The summed E-state index contributed by atoms with van der Waals surface area (Å²) in [6.45, 7) is -0.331. The van der Waals surface area contributed by atoms with Crippen LogP contribution in [0.3, 0.4) is 0 Å². The summed E-state index contributed by atoms with van der Waals surface area (Å²) in [5.74, 6) is 0.933. The van der Waals surface area contributed by atoms with Crippen LogP contribution in [0.5, 0.6) is 0 Å². The van der Waals surface area contributed by atoms with Crippen molar-refractivity contribution in [1.82, 2.24) is 10.7 Å². The van der Waals surface area contributed by atoms with Crippen molar-refractivity contribution in [2.75, 3.05) is 12.0 Å². The van der Waals surface area contributed by atoms with Crippen LogP contribution < -0.4 is 16.2 Å². The second-order valence-corrected chi connectivity index (χ2v) is 9.04. The Morgan fingerprint density at radius 3 is 2.19 bits per heavy atom. The van der Waals surface area contributed by atoms with E-state index in [0.29, 0.717) is 29.9 Å². The molecule has 5 rings (SSSR count). The van der Waals surface area contributed by atoms with Gasteiger partial charge in [-0.05, 0) is 68.4 Å². The smallest absolute Gasteiger partial charge is 0.346 e. The molecule has 4 aliphatic carbocycles. The summed E-state index contributed by atoms with van der Waals surface area (Å²) in [6.07, 6.45) is 1.37. The number of carbonyl (C=O) groups is 2. The van der Waals surface area contributed by atoms with Gasteiger partial charge in [0.05, 0.1) is 17.0 Å². The van der Waals surface area contributed by atoms with Crippen LogP contribution in [0.1, 0.15) is 44.1 Å². The summed E-state index contributed by atoms with van der Waals surface area (Å²) in [5.41, 5.74) is 1.77. The zero-order valence-electron chi connectivity index (χ0n) is 16.6. The van der Waals surface area contributed by atoms with Crippen LogP contribution in [-0.4, -0.2) is 23.3 Å².